The molecule has 0 amide bonds. The minimum Gasteiger partial charge on any atom is -0.544 e. The molecule has 0 aliphatic carbocycles. The SMILES string of the molecule is CC/C=C/C/C=C/C/C=C/C/C=C/CCCCCCCCCCCC(=O)OC(COCCC(C(=O)[O-])[N+](C)(C)C)COC(=O)CCCCCCCCC/C=C/C/C=C/CCCCCCCCCCC. The van der Waals surface area contributed by atoms with E-state index in [2.05, 4.69) is 86.8 Å². The molecule has 0 rings (SSSR count). The van der Waals surface area contributed by atoms with Crippen LogP contribution in [0.15, 0.2) is 72.9 Å². The highest BCUT2D eigenvalue weighted by Gasteiger charge is 2.25. The Hall–Kier alpha value is -3.23. The van der Waals surface area contributed by atoms with Crippen molar-refractivity contribution >= 4 is 17.9 Å². The highest BCUT2D eigenvalue weighted by molar-refractivity contribution is 5.70. The maximum absolute atomic E-state index is 12.8. The Bertz CT molecular complexity index is 1360. The van der Waals surface area contributed by atoms with E-state index in [-0.39, 0.29) is 42.7 Å². The summed E-state index contributed by atoms with van der Waals surface area (Å²) in [5, 5.41) is 11.7. The average Bonchev–Trinajstić information content (AvgIpc) is 3.31. The molecule has 0 aromatic carbocycles. The number of unbranched alkanes of at least 4 members (excludes halogenated alkanes) is 25. The molecular weight excluding hydrogens is 859 g/mol. The van der Waals surface area contributed by atoms with E-state index in [9.17, 15) is 19.5 Å². The van der Waals surface area contributed by atoms with Crippen LogP contribution in [0.3, 0.4) is 0 Å². The summed E-state index contributed by atoms with van der Waals surface area (Å²) in [6.45, 7) is 4.56. The van der Waals surface area contributed by atoms with Crippen LogP contribution in [-0.2, 0) is 28.6 Å². The van der Waals surface area contributed by atoms with Crippen LogP contribution in [0.1, 0.15) is 245 Å². The Balaban J connectivity index is 4.21. The number of allylic oxidation sites excluding steroid dienone is 12. The first-order chi connectivity index (χ1) is 33.6. The Labute approximate surface area is 425 Å². The summed E-state index contributed by atoms with van der Waals surface area (Å²) in [6.07, 6.45) is 66.5. The third-order valence-corrected chi connectivity index (χ3v) is 12.6. The average molecular weight is 967 g/mol. The van der Waals surface area contributed by atoms with Gasteiger partial charge in [-0.25, -0.2) is 0 Å². The molecule has 398 valence electrons. The summed E-state index contributed by atoms with van der Waals surface area (Å²) < 4.78 is 17.3. The normalized spacial score (nSPS) is 13.3. The molecule has 2 atom stereocenters. The number of esters is 2. The highest BCUT2D eigenvalue weighted by Crippen LogP contribution is 2.15. The second-order valence-corrected chi connectivity index (χ2v) is 20.1. The van der Waals surface area contributed by atoms with Gasteiger partial charge in [0.05, 0.1) is 40.3 Å². The van der Waals surface area contributed by atoms with Gasteiger partial charge in [0.25, 0.3) is 0 Å². The van der Waals surface area contributed by atoms with Gasteiger partial charge >= 0.3 is 11.9 Å². The molecule has 2 unspecified atom stereocenters. The van der Waals surface area contributed by atoms with Gasteiger partial charge in [0.15, 0.2) is 6.10 Å². The van der Waals surface area contributed by atoms with Gasteiger partial charge in [0.1, 0.15) is 12.6 Å². The number of hydrogen-bond acceptors (Lipinski definition) is 7. The molecule has 0 aliphatic rings. The summed E-state index contributed by atoms with van der Waals surface area (Å²) in [7, 11) is 5.42. The van der Waals surface area contributed by atoms with Crippen molar-refractivity contribution in [2.45, 2.75) is 257 Å². The highest BCUT2D eigenvalue weighted by atomic mass is 16.6. The van der Waals surface area contributed by atoms with Gasteiger partial charge in [0.2, 0.25) is 0 Å². The standard InChI is InChI=1S/C61H107NO7/c1-6-8-10-12-14-16-18-20-22-24-26-28-30-32-33-35-37-39-41-43-45-47-49-51-59(63)68-56-57(55-67-54-53-58(61(65)66)62(3,4)5)69-60(64)52-50-48-46-44-42-40-38-36-34-31-29-27-25-23-21-19-17-15-13-11-9-7-2/h9,11,15,17,21,23,26-29,32-33,57-58H,6-8,10,12-14,16,18-20,22,24-25,30-31,34-56H2,1-5H3/b11-9+,17-15+,23-21+,28-26+,29-27+,33-32+. The minimum absolute atomic E-state index is 0.0334. The van der Waals surface area contributed by atoms with Gasteiger partial charge in [-0.1, -0.05) is 215 Å². The molecule has 0 aromatic heterocycles. The molecule has 0 bridgehead atoms. The molecule has 0 aliphatic heterocycles. The molecule has 0 aromatic rings. The third-order valence-electron chi connectivity index (χ3n) is 12.6. The summed E-state index contributed by atoms with van der Waals surface area (Å²) in [5.41, 5.74) is 0. The maximum Gasteiger partial charge on any atom is 0.306 e. The van der Waals surface area contributed by atoms with Crippen LogP contribution in [0.25, 0.3) is 0 Å². The Kier molecular flexibility index (Phi) is 48.7. The van der Waals surface area contributed by atoms with Crippen molar-refractivity contribution in [2.75, 3.05) is 41.0 Å². The van der Waals surface area contributed by atoms with Gasteiger partial charge in [-0.3, -0.25) is 9.59 Å². The largest absolute Gasteiger partial charge is 0.544 e. The number of nitrogens with zero attached hydrogens (tertiary/aromatic N) is 1. The fourth-order valence-corrected chi connectivity index (χ4v) is 8.21. The Morgan fingerprint density at radius 1 is 0.449 bits per heavy atom. The van der Waals surface area contributed by atoms with Crippen molar-refractivity contribution in [3.63, 3.8) is 0 Å². The molecule has 0 N–H and O–H groups in total. The van der Waals surface area contributed by atoms with Crippen LogP contribution < -0.4 is 5.11 Å². The smallest absolute Gasteiger partial charge is 0.306 e. The van der Waals surface area contributed by atoms with E-state index in [4.69, 9.17) is 14.2 Å². The lowest BCUT2D eigenvalue weighted by Crippen LogP contribution is -2.55. The molecule has 0 saturated carbocycles. The molecule has 0 fully saturated rings. The number of hydrogen-bond donors (Lipinski definition) is 0. The molecule has 8 nitrogen and oxygen atoms in total. The number of carbonyl (C=O) groups excluding carboxylic acids is 3. The minimum atomic E-state index is -1.13. The first-order valence-corrected chi connectivity index (χ1v) is 28.5. The summed E-state index contributed by atoms with van der Waals surface area (Å²) >= 11 is 0. The zero-order valence-electron chi connectivity index (χ0n) is 45.5. The quantitative estimate of drug-likeness (QED) is 0.0259. The van der Waals surface area contributed by atoms with E-state index < -0.39 is 18.1 Å². The van der Waals surface area contributed by atoms with Crippen LogP contribution in [0.2, 0.25) is 0 Å². The second-order valence-electron chi connectivity index (χ2n) is 20.1. The zero-order chi connectivity index (χ0) is 50.6. The number of rotatable bonds is 51. The van der Waals surface area contributed by atoms with Crippen LogP contribution in [0.5, 0.6) is 0 Å². The van der Waals surface area contributed by atoms with Crippen LogP contribution >= 0.6 is 0 Å². The fourth-order valence-electron chi connectivity index (χ4n) is 8.21. The monoisotopic (exact) mass is 966 g/mol. The van der Waals surface area contributed by atoms with Crippen LogP contribution in [0, 0.1) is 0 Å². The fraction of sp³-hybridized carbons (Fsp3) is 0.754. The first-order valence-electron chi connectivity index (χ1n) is 28.5. The predicted octanol–water partition coefficient (Wildman–Crippen LogP) is 15.7. The number of carboxylic acid groups (broad SMARTS) is 1. The van der Waals surface area contributed by atoms with E-state index in [1.165, 1.54) is 128 Å². The van der Waals surface area contributed by atoms with E-state index in [1.807, 2.05) is 0 Å². The summed E-state index contributed by atoms with van der Waals surface area (Å²) in [4.78, 5) is 37.2. The number of likely N-dealkylation sites (N-methyl/N-ethyl adjacent to an activating group) is 1. The molecule has 0 spiro atoms. The first kappa shape index (κ1) is 65.8. The lowest BCUT2D eigenvalue weighted by molar-refractivity contribution is -0.889. The van der Waals surface area contributed by atoms with Gasteiger partial charge in [-0.05, 0) is 83.5 Å². The number of carbonyl (C=O) groups is 3. The topological polar surface area (TPSA) is 102 Å². The Morgan fingerprint density at radius 2 is 0.812 bits per heavy atom. The van der Waals surface area contributed by atoms with E-state index in [1.54, 1.807) is 21.1 Å². The molecule has 69 heavy (non-hydrogen) atoms. The summed E-state index contributed by atoms with van der Waals surface area (Å²) in [5.74, 6) is -1.75. The van der Waals surface area contributed by atoms with Crippen LogP contribution in [-0.4, -0.2) is 75.5 Å². The molecule has 0 radical (unpaired) electrons. The molecule has 8 heteroatoms. The van der Waals surface area contributed by atoms with E-state index >= 15 is 0 Å². The Morgan fingerprint density at radius 3 is 1.20 bits per heavy atom. The molecule has 0 saturated heterocycles. The number of ether oxygens (including phenoxy) is 3. The van der Waals surface area contributed by atoms with E-state index in [0.29, 0.717) is 12.8 Å². The zero-order valence-corrected chi connectivity index (χ0v) is 45.5. The number of quaternary nitrogens is 1. The van der Waals surface area contributed by atoms with Gasteiger partial charge < -0.3 is 28.6 Å². The van der Waals surface area contributed by atoms with Gasteiger partial charge in [-0.2, -0.15) is 0 Å². The molecular formula is C61H107NO7. The van der Waals surface area contributed by atoms with Gasteiger partial charge in [-0.15, -0.1) is 0 Å². The number of carboxylic acids is 1. The van der Waals surface area contributed by atoms with Crippen molar-refractivity contribution in [3.05, 3.63) is 72.9 Å². The second kappa shape index (κ2) is 51.1. The van der Waals surface area contributed by atoms with Crippen molar-refractivity contribution in [1.82, 2.24) is 0 Å². The van der Waals surface area contributed by atoms with Crippen molar-refractivity contribution in [2.24, 2.45) is 0 Å². The van der Waals surface area contributed by atoms with Gasteiger partial charge in [0, 0.05) is 19.3 Å². The predicted molar refractivity (Wildman–Crippen MR) is 291 cm³/mol. The van der Waals surface area contributed by atoms with Crippen molar-refractivity contribution in [3.8, 4) is 0 Å². The third kappa shape index (κ3) is 49.5. The lowest BCUT2D eigenvalue weighted by atomic mass is 10.1. The maximum atomic E-state index is 12.8. The van der Waals surface area contributed by atoms with Crippen molar-refractivity contribution < 1.29 is 38.2 Å². The van der Waals surface area contributed by atoms with Crippen molar-refractivity contribution in [1.29, 1.82) is 0 Å². The van der Waals surface area contributed by atoms with E-state index in [0.717, 1.165) is 83.5 Å². The van der Waals surface area contributed by atoms with Crippen LogP contribution in [0.4, 0.5) is 0 Å². The lowest BCUT2D eigenvalue weighted by Gasteiger charge is -2.34. The summed E-state index contributed by atoms with van der Waals surface area (Å²) in [6, 6.07) is -0.732. The molecule has 0 heterocycles. The number of aliphatic carboxylic acids is 1.